The average Bonchev–Trinajstić information content (AvgIpc) is 2.62. The molecule has 130 valence electrons. The number of carbonyl (C=O) groups excluding carboxylic acids is 3. The van der Waals surface area contributed by atoms with Gasteiger partial charge in [-0.3, -0.25) is 9.59 Å². The Morgan fingerprint density at radius 2 is 1.79 bits per heavy atom. The first-order valence-electron chi connectivity index (χ1n) is 7.85. The lowest BCUT2D eigenvalue weighted by atomic mass is 10.2. The minimum atomic E-state index is -0.432. The van der Waals surface area contributed by atoms with Crippen LogP contribution in [-0.2, 0) is 19.1 Å². The molecule has 7 heteroatoms. The van der Waals surface area contributed by atoms with E-state index in [9.17, 15) is 14.4 Å². The second-order valence-electron chi connectivity index (χ2n) is 5.45. The second kappa shape index (κ2) is 8.44. The fourth-order valence-corrected chi connectivity index (χ4v) is 2.54. The van der Waals surface area contributed by atoms with Crippen molar-refractivity contribution in [2.24, 2.45) is 0 Å². The van der Waals surface area contributed by atoms with Crippen LogP contribution in [0, 0.1) is 0 Å². The van der Waals surface area contributed by atoms with E-state index in [-0.39, 0.29) is 18.2 Å². The monoisotopic (exact) mass is 334 g/mol. The highest BCUT2D eigenvalue weighted by Gasteiger charge is 2.19. The van der Waals surface area contributed by atoms with E-state index in [4.69, 9.17) is 4.74 Å². The first-order chi connectivity index (χ1) is 11.5. The molecule has 0 bridgehead atoms. The van der Waals surface area contributed by atoms with Gasteiger partial charge in [-0.05, 0) is 24.3 Å². The van der Waals surface area contributed by atoms with E-state index >= 15 is 0 Å². The molecule has 0 atom stereocenters. The number of amides is 2. The fourth-order valence-electron chi connectivity index (χ4n) is 2.54. The largest absolute Gasteiger partial charge is 0.465 e. The number of hydrogen-bond donors (Lipinski definition) is 0. The summed E-state index contributed by atoms with van der Waals surface area (Å²) in [7, 11) is 1.31. The number of benzene rings is 1. The van der Waals surface area contributed by atoms with Crippen LogP contribution < -0.4 is 4.90 Å². The second-order valence-corrected chi connectivity index (χ2v) is 5.45. The molecule has 1 heterocycles. The van der Waals surface area contributed by atoms with Gasteiger partial charge in [0.05, 0.1) is 25.9 Å². The summed E-state index contributed by atoms with van der Waals surface area (Å²) in [6, 6.07) is 6.54. The molecule has 1 aromatic carbocycles. The van der Waals surface area contributed by atoms with E-state index in [1.54, 1.807) is 29.2 Å². The highest BCUT2D eigenvalue weighted by molar-refractivity contribution is 5.94. The van der Waals surface area contributed by atoms with Crippen LogP contribution in [0.5, 0.6) is 0 Å². The predicted molar refractivity (Wildman–Crippen MR) is 87.8 cm³/mol. The number of nitrogens with zero attached hydrogens (tertiary/aromatic N) is 2. The van der Waals surface area contributed by atoms with Crippen molar-refractivity contribution in [3.8, 4) is 0 Å². The third kappa shape index (κ3) is 4.55. The number of hydrogen-bond acceptors (Lipinski definition) is 5. The molecule has 0 aliphatic carbocycles. The summed E-state index contributed by atoms with van der Waals surface area (Å²) in [5.74, 6) is -0.579. The highest BCUT2D eigenvalue weighted by atomic mass is 16.5. The molecule has 2 amide bonds. The van der Waals surface area contributed by atoms with E-state index < -0.39 is 5.97 Å². The smallest absolute Gasteiger partial charge is 0.337 e. The molecule has 0 aromatic heterocycles. The lowest BCUT2D eigenvalue weighted by molar-refractivity contribution is -0.135. The van der Waals surface area contributed by atoms with E-state index in [1.807, 2.05) is 0 Å². The van der Waals surface area contributed by atoms with Gasteiger partial charge >= 0.3 is 5.97 Å². The van der Waals surface area contributed by atoms with Crippen LogP contribution in [0.3, 0.4) is 0 Å². The van der Waals surface area contributed by atoms with Crippen molar-refractivity contribution in [3.05, 3.63) is 29.8 Å². The molecule has 24 heavy (non-hydrogen) atoms. The summed E-state index contributed by atoms with van der Waals surface area (Å²) in [5, 5.41) is 0. The first-order valence-corrected chi connectivity index (χ1v) is 7.85. The Bertz CT molecular complexity index is 594. The maximum Gasteiger partial charge on any atom is 0.337 e. The molecule has 2 rings (SSSR count). The van der Waals surface area contributed by atoms with Crippen LogP contribution in [-0.4, -0.2) is 62.6 Å². The van der Waals surface area contributed by atoms with Crippen LogP contribution in [0.4, 0.5) is 5.69 Å². The summed E-state index contributed by atoms with van der Waals surface area (Å²) in [6.45, 7) is 4.03. The minimum absolute atomic E-state index is 0.00994. The van der Waals surface area contributed by atoms with E-state index in [0.717, 1.165) is 0 Å². The van der Waals surface area contributed by atoms with E-state index in [0.29, 0.717) is 44.1 Å². The molecule has 1 saturated heterocycles. The molecule has 0 saturated carbocycles. The Balaban J connectivity index is 1.99. The van der Waals surface area contributed by atoms with E-state index in [2.05, 4.69) is 4.74 Å². The molecule has 1 aliphatic rings. The van der Waals surface area contributed by atoms with Crippen molar-refractivity contribution in [1.82, 2.24) is 4.90 Å². The summed E-state index contributed by atoms with van der Waals surface area (Å²) in [5.41, 5.74) is 1.05. The van der Waals surface area contributed by atoms with Crippen LogP contribution >= 0.6 is 0 Å². The first kappa shape index (κ1) is 17.9. The summed E-state index contributed by atoms with van der Waals surface area (Å²) in [6.07, 6.45) is 0.248. The number of methoxy groups -OCH3 is 1. The minimum Gasteiger partial charge on any atom is -0.465 e. The molecule has 0 spiro atoms. The molecule has 7 nitrogen and oxygen atoms in total. The number of esters is 1. The molecule has 0 unspecified atom stereocenters. The number of carbonyl (C=O) groups is 3. The third-order valence-corrected chi connectivity index (χ3v) is 3.89. The Kier molecular flexibility index (Phi) is 6.31. The number of rotatable bonds is 5. The van der Waals surface area contributed by atoms with Crippen molar-refractivity contribution < 1.29 is 23.9 Å². The third-order valence-electron chi connectivity index (χ3n) is 3.89. The van der Waals surface area contributed by atoms with Gasteiger partial charge in [0.15, 0.2) is 0 Å². The van der Waals surface area contributed by atoms with Gasteiger partial charge in [0.1, 0.15) is 0 Å². The van der Waals surface area contributed by atoms with Crippen molar-refractivity contribution in [3.63, 3.8) is 0 Å². The Labute approximate surface area is 141 Å². The Morgan fingerprint density at radius 3 is 2.33 bits per heavy atom. The van der Waals surface area contributed by atoms with Crippen molar-refractivity contribution in [1.29, 1.82) is 0 Å². The van der Waals surface area contributed by atoms with E-state index in [1.165, 1.54) is 18.9 Å². The fraction of sp³-hybridized carbons (Fsp3) is 0.471. The molecule has 0 radical (unpaired) electrons. The van der Waals surface area contributed by atoms with Gasteiger partial charge in [-0.2, -0.15) is 0 Å². The zero-order valence-electron chi connectivity index (χ0n) is 14.0. The molecular weight excluding hydrogens is 312 g/mol. The van der Waals surface area contributed by atoms with Gasteiger partial charge in [0.25, 0.3) is 0 Å². The van der Waals surface area contributed by atoms with Crippen LogP contribution in [0.25, 0.3) is 0 Å². The van der Waals surface area contributed by atoms with Crippen molar-refractivity contribution in [2.75, 3.05) is 44.9 Å². The van der Waals surface area contributed by atoms with Crippen LogP contribution in [0.2, 0.25) is 0 Å². The van der Waals surface area contributed by atoms with Crippen molar-refractivity contribution >= 4 is 23.5 Å². The molecule has 1 fully saturated rings. The van der Waals surface area contributed by atoms with Gasteiger partial charge in [-0.15, -0.1) is 0 Å². The van der Waals surface area contributed by atoms with Gasteiger partial charge in [-0.25, -0.2) is 4.79 Å². The molecular formula is C17H22N2O5. The van der Waals surface area contributed by atoms with Gasteiger partial charge in [0, 0.05) is 38.7 Å². The predicted octanol–water partition coefficient (Wildman–Crippen LogP) is 1.07. The van der Waals surface area contributed by atoms with Gasteiger partial charge in [0.2, 0.25) is 11.8 Å². The zero-order valence-corrected chi connectivity index (χ0v) is 14.0. The quantitative estimate of drug-likeness (QED) is 0.753. The lowest BCUT2D eigenvalue weighted by Gasteiger charge is -2.28. The normalized spacial score (nSPS) is 14.2. The standard InChI is InChI=1S/C17H22N2O5/c1-13(20)19(8-7-16(21)18-9-11-24-12-10-18)15-5-3-14(4-6-15)17(22)23-2/h3-6H,7-12H2,1-2H3. The zero-order chi connectivity index (χ0) is 17.5. The maximum atomic E-state index is 12.2. The topological polar surface area (TPSA) is 76.2 Å². The summed E-state index contributed by atoms with van der Waals surface area (Å²) in [4.78, 5) is 38.8. The Hall–Kier alpha value is -2.41. The molecule has 0 N–H and O–H groups in total. The number of ether oxygens (including phenoxy) is 2. The van der Waals surface area contributed by atoms with Gasteiger partial charge < -0.3 is 19.3 Å². The lowest BCUT2D eigenvalue weighted by Crippen LogP contribution is -2.42. The number of anilines is 1. The average molecular weight is 334 g/mol. The summed E-state index contributed by atoms with van der Waals surface area (Å²) < 4.78 is 9.88. The van der Waals surface area contributed by atoms with Crippen LogP contribution in [0.15, 0.2) is 24.3 Å². The van der Waals surface area contributed by atoms with Gasteiger partial charge in [-0.1, -0.05) is 0 Å². The summed E-state index contributed by atoms with van der Waals surface area (Å²) >= 11 is 0. The molecule has 1 aromatic rings. The number of morpholine rings is 1. The SMILES string of the molecule is COC(=O)c1ccc(N(CCC(=O)N2CCOCC2)C(C)=O)cc1. The van der Waals surface area contributed by atoms with Crippen LogP contribution in [0.1, 0.15) is 23.7 Å². The maximum absolute atomic E-state index is 12.2. The highest BCUT2D eigenvalue weighted by Crippen LogP contribution is 2.17. The molecule has 1 aliphatic heterocycles. The Morgan fingerprint density at radius 1 is 1.17 bits per heavy atom. The van der Waals surface area contributed by atoms with Crippen molar-refractivity contribution in [2.45, 2.75) is 13.3 Å².